The Morgan fingerprint density at radius 1 is 0.935 bits per heavy atom. The number of carbonyl (C=O) groups excluding carboxylic acids is 1. The van der Waals surface area contributed by atoms with E-state index in [1.54, 1.807) is 7.11 Å². The quantitative estimate of drug-likeness (QED) is 0.769. The molecule has 166 valence electrons. The lowest BCUT2D eigenvalue weighted by atomic mass is 9.96. The second-order valence-corrected chi connectivity index (χ2v) is 8.75. The van der Waals surface area contributed by atoms with Crippen LogP contribution in [0.15, 0.2) is 36.4 Å². The smallest absolute Gasteiger partial charge is 0.223 e. The predicted octanol–water partition coefficient (Wildman–Crippen LogP) is 3.25. The van der Waals surface area contributed by atoms with Crippen molar-refractivity contribution in [3.05, 3.63) is 42.0 Å². The molecule has 0 unspecified atom stereocenters. The lowest BCUT2D eigenvalue weighted by molar-refractivity contribution is -0.125. The number of methoxy groups -OCH3 is 1. The Kier molecular flexibility index (Phi) is 6.89. The average molecular weight is 424 g/mol. The van der Waals surface area contributed by atoms with Gasteiger partial charge in [0.2, 0.25) is 5.91 Å². The van der Waals surface area contributed by atoms with Gasteiger partial charge in [-0.15, -0.1) is 10.2 Å². The zero-order valence-corrected chi connectivity index (χ0v) is 18.6. The molecule has 7 heteroatoms. The van der Waals surface area contributed by atoms with E-state index in [2.05, 4.69) is 44.4 Å². The maximum atomic E-state index is 12.6. The fraction of sp³-hybridized carbons (Fsp3) is 0.542. The molecule has 1 aromatic carbocycles. The number of nitrogens with zero attached hydrogens (tertiary/aromatic N) is 4. The highest BCUT2D eigenvalue weighted by Crippen LogP contribution is 2.25. The summed E-state index contributed by atoms with van der Waals surface area (Å²) in [5, 5.41) is 12.0. The van der Waals surface area contributed by atoms with Crippen molar-refractivity contribution in [1.82, 2.24) is 15.5 Å². The van der Waals surface area contributed by atoms with E-state index in [1.807, 2.05) is 24.3 Å². The van der Waals surface area contributed by atoms with Crippen molar-refractivity contribution in [2.45, 2.75) is 39.2 Å². The summed E-state index contributed by atoms with van der Waals surface area (Å²) in [6.07, 6.45) is 4.11. The van der Waals surface area contributed by atoms with Gasteiger partial charge in [-0.1, -0.05) is 19.1 Å². The average Bonchev–Trinajstić information content (AvgIpc) is 2.83. The van der Waals surface area contributed by atoms with Gasteiger partial charge in [-0.2, -0.15) is 0 Å². The lowest BCUT2D eigenvalue weighted by Gasteiger charge is -2.33. The number of rotatable bonds is 6. The number of carbonyl (C=O) groups is 1. The van der Waals surface area contributed by atoms with Crippen molar-refractivity contribution in [1.29, 1.82) is 0 Å². The minimum atomic E-state index is 0.0528. The van der Waals surface area contributed by atoms with Crippen LogP contribution >= 0.6 is 0 Å². The fourth-order valence-corrected chi connectivity index (χ4v) is 4.34. The molecular formula is C24H33N5O2. The number of hydrogen-bond acceptors (Lipinski definition) is 6. The van der Waals surface area contributed by atoms with Crippen LogP contribution in [0.1, 0.15) is 38.2 Å². The lowest BCUT2D eigenvalue weighted by Crippen LogP contribution is -2.40. The molecule has 1 N–H and O–H groups in total. The zero-order valence-electron chi connectivity index (χ0n) is 18.6. The number of benzene rings is 1. The summed E-state index contributed by atoms with van der Waals surface area (Å²) >= 11 is 0. The molecule has 1 amide bonds. The van der Waals surface area contributed by atoms with Crippen LogP contribution in [0.25, 0.3) is 0 Å². The Hall–Kier alpha value is -2.83. The van der Waals surface area contributed by atoms with Crippen LogP contribution in [0.2, 0.25) is 0 Å². The third-order valence-electron chi connectivity index (χ3n) is 6.56. The summed E-state index contributed by atoms with van der Waals surface area (Å²) in [5.74, 6) is 3.70. The van der Waals surface area contributed by atoms with Crippen molar-refractivity contribution in [2.75, 3.05) is 43.1 Å². The highest BCUT2D eigenvalue weighted by atomic mass is 16.5. The molecule has 2 fully saturated rings. The summed E-state index contributed by atoms with van der Waals surface area (Å²) in [6, 6.07) is 12.0. The molecule has 0 atom stereocenters. The van der Waals surface area contributed by atoms with Crippen LogP contribution in [0.3, 0.4) is 0 Å². The predicted molar refractivity (Wildman–Crippen MR) is 122 cm³/mol. The third-order valence-corrected chi connectivity index (χ3v) is 6.56. The van der Waals surface area contributed by atoms with Gasteiger partial charge in [-0.25, -0.2) is 0 Å². The second kappa shape index (κ2) is 9.98. The van der Waals surface area contributed by atoms with Crippen molar-refractivity contribution in [3.8, 4) is 5.75 Å². The molecule has 1 aromatic heterocycles. The van der Waals surface area contributed by atoms with Crippen LogP contribution in [0, 0.1) is 11.8 Å². The minimum absolute atomic E-state index is 0.0528. The summed E-state index contributed by atoms with van der Waals surface area (Å²) in [4.78, 5) is 17.2. The van der Waals surface area contributed by atoms with Crippen LogP contribution in [-0.4, -0.2) is 49.4 Å². The molecule has 0 aliphatic carbocycles. The van der Waals surface area contributed by atoms with Gasteiger partial charge < -0.3 is 19.9 Å². The Balaban J connectivity index is 1.23. The SMILES string of the molecule is COc1ccc(CNC(=O)C2CCN(c3ccc(N4CCC(C)CC4)nn3)CC2)cc1. The van der Waals surface area contributed by atoms with Gasteiger partial charge >= 0.3 is 0 Å². The van der Waals surface area contributed by atoms with E-state index in [0.29, 0.717) is 6.54 Å². The summed E-state index contributed by atoms with van der Waals surface area (Å²) in [6.45, 7) is 6.64. The zero-order chi connectivity index (χ0) is 21.6. The Bertz CT molecular complexity index is 839. The number of nitrogens with one attached hydrogen (secondary N) is 1. The topological polar surface area (TPSA) is 70.6 Å². The minimum Gasteiger partial charge on any atom is -0.497 e. The highest BCUT2D eigenvalue weighted by molar-refractivity contribution is 5.79. The molecule has 0 bridgehead atoms. The van der Waals surface area contributed by atoms with Crippen LogP contribution in [0.4, 0.5) is 11.6 Å². The Morgan fingerprint density at radius 2 is 1.48 bits per heavy atom. The van der Waals surface area contributed by atoms with Gasteiger partial charge in [-0.3, -0.25) is 4.79 Å². The molecule has 0 spiro atoms. The molecule has 2 aliphatic rings. The molecule has 0 saturated carbocycles. The summed E-state index contributed by atoms with van der Waals surface area (Å²) in [7, 11) is 1.65. The fourth-order valence-electron chi connectivity index (χ4n) is 4.34. The van der Waals surface area contributed by atoms with Gasteiger partial charge in [0.25, 0.3) is 0 Å². The first-order chi connectivity index (χ1) is 15.1. The van der Waals surface area contributed by atoms with Gasteiger partial charge in [-0.05, 0) is 61.4 Å². The van der Waals surface area contributed by atoms with Gasteiger partial charge in [0, 0.05) is 38.6 Å². The molecule has 31 heavy (non-hydrogen) atoms. The molecule has 0 radical (unpaired) electrons. The molecule has 2 saturated heterocycles. The molecule has 2 aliphatic heterocycles. The van der Waals surface area contributed by atoms with E-state index < -0.39 is 0 Å². The van der Waals surface area contributed by atoms with Crippen molar-refractivity contribution in [3.63, 3.8) is 0 Å². The Labute approximate surface area is 184 Å². The summed E-state index contributed by atoms with van der Waals surface area (Å²) in [5.41, 5.74) is 1.07. The summed E-state index contributed by atoms with van der Waals surface area (Å²) < 4.78 is 5.17. The van der Waals surface area contributed by atoms with Crippen molar-refractivity contribution in [2.24, 2.45) is 11.8 Å². The number of hydrogen-bond donors (Lipinski definition) is 1. The van der Waals surface area contributed by atoms with Gasteiger partial charge in [0.1, 0.15) is 5.75 Å². The van der Waals surface area contributed by atoms with E-state index in [1.165, 1.54) is 12.8 Å². The number of piperidine rings is 2. The van der Waals surface area contributed by atoms with E-state index >= 15 is 0 Å². The highest BCUT2D eigenvalue weighted by Gasteiger charge is 2.26. The largest absolute Gasteiger partial charge is 0.497 e. The first-order valence-corrected chi connectivity index (χ1v) is 11.4. The van der Waals surface area contributed by atoms with Crippen LogP contribution < -0.4 is 19.9 Å². The maximum Gasteiger partial charge on any atom is 0.223 e. The molecule has 2 aromatic rings. The van der Waals surface area contributed by atoms with Crippen LogP contribution in [-0.2, 0) is 11.3 Å². The maximum absolute atomic E-state index is 12.6. The van der Waals surface area contributed by atoms with Crippen molar-refractivity contribution < 1.29 is 9.53 Å². The molecule has 4 rings (SSSR count). The number of aromatic nitrogens is 2. The second-order valence-electron chi connectivity index (χ2n) is 8.75. The van der Waals surface area contributed by atoms with E-state index in [4.69, 9.17) is 4.74 Å². The van der Waals surface area contributed by atoms with E-state index in [-0.39, 0.29) is 11.8 Å². The normalized spacial score (nSPS) is 18.1. The van der Waals surface area contributed by atoms with Gasteiger partial charge in [0.15, 0.2) is 11.6 Å². The van der Waals surface area contributed by atoms with Crippen molar-refractivity contribution >= 4 is 17.5 Å². The van der Waals surface area contributed by atoms with E-state index in [9.17, 15) is 4.79 Å². The number of ether oxygens (including phenoxy) is 1. The third kappa shape index (κ3) is 5.46. The Morgan fingerprint density at radius 3 is 2.00 bits per heavy atom. The van der Waals surface area contributed by atoms with Crippen LogP contribution in [0.5, 0.6) is 5.75 Å². The first kappa shape index (κ1) is 21.4. The van der Waals surface area contributed by atoms with Gasteiger partial charge in [0.05, 0.1) is 7.11 Å². The molecule has 7 nitrogen and oxygen atoms in total. The van der Waals surface area contributed by atoms with E-state index in [0.717, 1.165) is 67.9 Å². The number of amides is 1. The molecular weight excluding hydrogens is 390 g/mol. The number of anilines is 2. The molecule has 3 heterocycles. The monoisotopic (exact) mass is 423 g/mol. The standard InChI is InChI=1S/C24H33N5O2/c1-18-9-13-28(14-10-18)22-7-8-23(27-26-22)29-15-11-20(12-16-29)24(30)25-17-19-3-5-21(31-2)6-4-19/h3-8,18,20H,9-17H2,1-2H3,(H,25,30). The first-order valence-electron chi connectivity index (χ1n) is 11.4.